The van der Waals surface area contributed by atoms with Gasteiger partial charge in [-0.05, 0) is 24.3 Å². The lowest BCUT2D eigenvalue weighted by Crippen LogP contribution is -2.27. The van der Waals surface area contributed by atoms with Gasteiger partial charge in [-0.1, -0.05) is 44.2 Å². The van der Waals surface area contributed by atoms with Gasteiger partial charge in [-0.3, -0.25) is 0 Å². The summed E-state index contributed by atoms with van der Waals surface area (Å²) in [4.78, 5) is 0. The lowest BCUT2D eigenvalue weighted by molar-refractivity contribution is 0.571. The molecule has 0 amide bonds. The van der Waals surface area contributed by atoms with E-state index >= 15 is 0 Å². The van der Waals surface area contributed by atoms with Crippen LogP contribution in [0.5, 0.6) is 0 Å². The van der Waals surface area contributed by atoms with Crippen molar-refractivity contribution in [1.29, 1.82) is 0 Å². The molecule has 17 heavy (non-hydrogen) atoms. The van der Waals surface area contributed by atoms with Crippen molar-refractivity contribution in [2.45, 2.75) is 32.6 Å². The van der Waals surface area contributed by atoms with Gasteiger partial charge in [0.2, 0.25) is 10.0 Å². The zero-order valence-corrected chi connectivity index (χ0v) is 11.3. The van der Waals surface area contributed by atoms with Gasteiger partial charge in [0.15, 0.2) is 0 Å². The molecule has 1 rings (SSSR count). The molecule has 0 aliphatic rings. The highest BCUT2D eigenvalue weighted by Gasteiger charge is 2.09. The van der Waals surface area contributed by atoms with E-state index in [4.69, 9.17) is 0 Å². The fraction of sp³-hybridized carbons (Fsp3) is 0.538. The minimum Gasteiger partial charge on any atom is -0.215 e. The minimum atomic E-state index is -3.06. The van der Waals surface area contributed by atoms with Gasteiger partial charge in [0.05, 0.1) is 5.75 Å². The molecule has 0 aliphatic heterocycles. The number of rotatable bonds is 7. The third kappa shape index (κ3) is 5.33. The van der Waals surface area contributed by atoms with E-state index in [0.29, 0.717) is 18.9 Å². The summed E-state index contributed by atoms with van der Waals surface area (Å²) in [5.41, 5.74) is 1.25. The number of benzene rings is 1. The Morgan fingerprint density at radius 1 is 1.24 bits per heavy atom. The van der Waals surface area contributed by atoms with Crippen LogP contribution in [0.4, 0.5) is 0 Å². The Balaban J connectivity index is 2.37. The van der Waals surface area contributed by atoms with Crippen molar-refractivity contribution in [3.8, 4) is 0 Å². The zero-order chi connectivity index (χ0) is 12.7. The molecule has 1 unspecified atom stereocenters. The molecule has 0 aromatic heterocycles. The third-order valence-corrected chi connectivity index (χ3v) is 4.33. The van der Waals surface area contributed by atoms with E-state index in [0.717, 1.165) is 6.42 Å². The molecule has 0 spiro atoms. The van der Waals surface area contributed by atoms with Gasteiger partial charge in [-0.2, -0.15) is 0 Å². The Bertz CT molecular complexity index is 414. The van der Waals surface area contributed by atoms with Crippen molar-refractivity contribution in [3.63, 3.8) is 0 Å². The molecule has 1 atom stereocenters. The fourth-order valence-corrected chi connectivity index (χ4v) is 2.83. The SMILES string of the molecule is CCCS(=O)(=O)NCCC(C)c1ccccc1. The summed E-state index contributed by atoms with van der Waals surface area (Å²) in [6.45, 7) is 4.49. The van der Waals surface area contributed by atoms with Crippen molar-refractivity contribution >= 4 is 10.0 Å². The number of hydrogen-bond acceptors (Lipinski definition) is 2. The van der Waals surface area contributed by atoms with Crippen LogP contribution in [-0.4, -0.2) is 20.7 Å². The van der Waals surface area contributed by atoms with Crippen LogP contribution < -0.4 is 4.72 Å². The first-order chi connectivity index (χ1) is 8.05. The first kappa shape index (κ1) is 14.2. The lowest BCUT2D eigenvalue weighted by Gasteiger charge is -2.12. The van der Waals surface area contributed by atoms with E-state index in [1.165, 1.54) is 5.56 Å². The molecule has 0 saturated carbocycles. The van der Waals surface area contributed by atoms with Crippen molar-refractivity contribution in [3.05, 3.63) is 35.9 Å². The van der Waals surface area contributed by atoms with Crippen LogP contribution in [0.25, 0.3) is 0 Å². The number of nitrogens with one attached hydrogen (secondary N) is 1. The Kier molecular flexibility index (Phi) is 5.65. The molecular weight excluding hydrogens is 234 g/mol. The molecule has 1 aromatic rings. The predicted molar refractivity (Wildman–Crippen MR) is 71.6 cm³/mol. The summed E-state index contributed by atoms with van der Waals surface area (Å²) in [5, 5.41) is 0. The predicted octanol–water partition coefficient (Wildman–Crippen LogP) is 2.51. The van der Waals surface area contributed by atoms with E-state index < -0.39 is 10.0 Å². The summed E-state index contributed by atoms with van der Waals surface area (Å²) in [6, 6.07) is 10.1. The van der Waals surface area contributed by atoms with Crippen LogP contribution in [0.15, 0.2) is 30.3 Å². The van der Waals surface area contributed by atoms with E-state index in [9.17, 15) is 8.42 Å². The van der Waals surface area contributed by atoms with Gasteiger partial charge in [0.1, 0.15) is 0 Å². The van der Waals surface area contributed by atoms with Gasteiger partial charge in [-0.25, -0.2) is 13.1 Å². The second-order valence-electron chi connectivity index (χ2n) is 4.31. The van der Waals surface area contributed by atoms with E-state index in [2.05, 4.69) is 23.8 Å². The highest BCUT2D eigenvalue weighted by molar-refractivity contribution is 7.89. The van der Waals surface area contributed by atoms with Gasteiger partial charge < -0.3 is 0 Å². The second-order valence-corrected chi connectivity index (χ2v) is 6.24. The number of sulfonamides is 1. The summed E-state index contributed by atoms with van der Waals surface area (Å²) < 4.78 is 25.5. The normalized spacial score (nSPS) is 13.5. The highest BCUT2D eigenvalue weighted by Crippen LogP contribution is 2.17. The summed E-state index contributed by atoms with van der Waals surface area (Å²) in [6.07, 6.45) is 1.48. The van der Waals surface area contributed by atoms with Gasteiger partial charge in [0.25, 0.3) is 0 Å². The molecule has 3 nitrogen and oxygen atoms in total. The van der Waals surface area contributed by atoms with Crippen LogP contribution in [-0.2, 0) is 10.0 Å². The van der Waals surface area contributed by atoms with Crippen LogP contribution in [0.2, 0.25) is 0 Å². The van der Waals surface area contributed by atoms with Crippen LogP contribution in [0, 0.1) is 0 Å². The maximum absolute atomic E-state index is 11.4. The summed E-state index contributed by atoms with van der Waals surface area (Å²) >= 11 is 0. The molecule has 0 bridgehead atoms. The highest BCUT2D eigenvalue weighted by atomic mass is 32.2. The maximum Gasteiger partial charge on any atom is 0.211 e. The minimum absolute atomic E-state index is 0.215. The Morgan fingerprint density at radius 3 is 2.47 bits per heavy atom. The Labute approximate surface area is 104 Å². The molecule has 0 aliphatic carbocycles. The second kappa shape index (κ2) is 6.77. The molecule has 1 N–H and O–H groups in total. The lowest BCUT2D eigenvalue weighted by atomic mass is 9.98. The first-order valence-electron chi connectivity index (χ1n) is 6.07. The fourth-order valence-electron chi connectivity index (χ4n) is 1.72. The van der Waals surface area contributed by atoms with Crippen LogP contribution in [0.1, 0.15) is 38.2 Å². The van der Waals surface area contributed by atoms with Crippen molar-refractivity contribution in [2.24, 2.45) is 0 Å². The summed E-state index contributed by atoms with van der Waals surface area (Å²) in [5.74, 6) is 0.590. The van der Waals surface area contributed by atoms with Crippen molar-refractivity contribution < 1.29 is 8.42 Å². The standard InChI is InChI=1S/C13H21NO2S/c1-3-11-17(15,16)14-10-9-12(2)13-7-5-4-6-8-13/h4-8,12,14H,3,9-11H2,1-2H3. The average Bonchev–Trinajstić information content (AvgIpc) is 2.29. The van der Waals surface area contributed by atoms with Gasteiger partial charge >= 0.3 is 0 Å². The number of hydrogen-bond donors (Lipinski definition) is 1. The van der Waals surface area contributed by atoms with Crippen molar-refractivity contribution in [1.82, 2.24) is 4.72 Å². The Morgan fingerprint density at radius 2 is 1.88 bits per heavy atom. The maximum atomic E-state index is 11.4. The largest absolute Gasteiger partial charge is 0.215 e. The van der Waals surface area contributed by atoms with Crippen LogP contribution >= 0.6 is 0 Å². The zero-order valence-electron chi connectivity index (χ0n) is 10.5. The Hall–Kier alpha value is -0.870. The molecule has 0 radical (unpaired) electrons. The smallest absolute Gasteiger partial charge is 0.211 e. The van der Waals surface area contributed by atoms with Crippen LogP contribution in [0.3, 0.4) is 0 Å². The summed E-state index contributed by atoms with van der Waals surface area (Å²) in [7, 11) is -3.06. The van der Waals surface area contributed by atoms with E-state index in [1.807, 2.05) is 25.1 Å². The topological polar surface area (TPSA) is 46.2 Å². The van der Waals surface area contributed by atoms with E-state index in [1.54, 1.807) is 0 Å². The van der Waals surface area contributed by atoms with E-state index in [-0.39, 0.29) is 5.75 Å². The molecular formula is C13H21NO2S. The molecule has 0 fully saturated rings. The molecule has 4 heteroatoms. The van der Waals surface area contributed by atoms with Gasteiger partial charge in [0, 0.05) is 6.54 Å². The first-order valence-corrected chi connectivity index (χ1v) is 7.72. The molecule has 1 aromatic carbocycles. The van der Waals surface area contributed by atoms with Gasteiger partial charge in [-0.15, -0.1) is 0 Å². The quantitative estimate of drug-likeness (QED) is 0.813. The molecule has 96 valence electrons. The average molecular weight is 255 g/mol. The third-order valence-electron chi connectivity index (χ3n) is 2.74. The van der Waals surface area contributed by atoms with Crippen molar-refractivity contribution in [2.75, 3.05) is 12.3 Å². The molecule has 0 heterocycles. The molecule has 0 saturated heterocycles. The monoisotopic (exact) mass is 255 g/mol.